The maximum atomic E-state index is 10.3. The van der Waals surface area contributed by atoms with Crippen LogP contribution >= 0.6 is 0 Å². The SMILES string of the molecule is O[C@H](CNc1cccc2ccccc12)COc1ccc2ccccc2c1. The highest BCUT2D eigenvalue weighted by Gasteiger charge is 2.07. The van der Waals surface area contributed by atoms with Gasteiger partial charge in [-0.2, -0.15) is 0 Å². The van der Waals surface area contributed by atoms with Crippen LogP contribution in [0.5, 0.6) is 5.75 Å². The molecule has 0 aliphatic carbocycles. The van der Waals surface area contributed by atoms with Crippen molar-refractivity contribution in [3.05, 3.63) is 84.9 Å². The van der Waals surface area contributed by atoms with Gasteiger partial charge in [0.1, 0.15) is 18.5 Å². The molecule has 0 saturated heterocycles. The smallest absolute Gasteiger partial charge is 0.120 e. The number of aliphatic hydroxyl groups is 1. The average molecular weight is 343 g/mol. The lowest BCUT2D eigenvalue weighted by Gasteiger charge is -2.15. The third kappa shape index (κ3) is 3.63. The number of hydrogen-bond acceptors (Lipinski definition) is 3. The summed E-state index contributed by atoms with van der Waals surface area (Å²) in [5, 5.41) is 18.2. The highest BCUT2D eigenvalue weighted by atomic mass is 16.5. The second-order valence-electron chi connectivity index (χ2n) is 6.38. The lowest BCUT2D eigenvalue weighted by atomic mass is 10.1. The summed E-state index contributed by atoms with van der Waals surface area (Å²) in [5.41, 5.74) is 1.02. The van der Waals surface area contributed by atoms with Crippen LogP contribution in [0.2, 0.25) is 0 Å². The predicted octanol–water partition coefficient (Wildman–Crippen LogP) is 4.84. The maximum absolute atomic E-state index is 10.3. The molecule has 3 heteroatoms. The Kier molecular flexibility index (Phi) is 4.71. The van der Waals surface area contributed by atoms with Crippen molar-refractivity contribution in [3.8, 4) is 5.75 Å². The summed E-state index contributed by atoms with van der Waals surface area (Å²) in [6.45, 7) is 0.678. The minimum absolute atomic E-state index is 0.246. The van der Waals surface area contributed by atoms with E-state index in [4.69, 9.17) is 4.74 Å². The zero-order chi connectivity index (χ0) is 17.8. The van der Waals surface area contributed by atoms with Gasteiger partial charge in [-0.05, 0) is 34.4 Å². The van der Waals surface area contributed by atoms with E-state index in [1.165, 1.54) is 10.8 Å². The van der Waals surface area contributed by atoms with Gasteiger partial charge in [0.15, 0.2) is 0 Å². The van der Waals surface area contributed by atoms with Gasteiger partial charge in [-0.25, -0.2) is 0 Å². The van der Waals surface area contributed by atoms with Crippen molar-refractivity contribution >= 4 is 27.2 Å². The number of aliphatic hydroxyl groups excluding tert-OH is 1. The number of benzene rings is 4. The highest BCUT2D eigenvalue weighted by Crippen LogP contribution is 2.23. The fourth-order valence-electron chi connectivity index (χ4n) is 3.12. The predicted molar refractivity (Wildman–Crippen MR) is 108 cm³/mol. The van der Waals surface area contributed by atoms with Gasteiger partial charge in [-0.1, -0.05) is 66.7 Å². The molecular formula is C23H21NO2. The molecule has 0 unspecified atom stereocenters. The Morgan fingerprint density at radius 1 is 0.769 bits per heavy atom. The van der Waals surface area contributed by atoms with Gasteiger partial charge in [0.25, 0.3) is 0 Å². The average Bonchev–Trinajstić information content (AvgIpc) is 2.70. The van der Waals surface area contributed by atoms with Crippen LogP contribution < -0.4 is 10.1 Å². The van der Waals surface area contributed by atoms with Crippen LogP contribution in [0.1, 0.15) is 0 Å². The molecule has 26 heavy (non-hydrogen) atoms. The van der Waals surface area contributed by atoms with Gasteiger partial charge in [-0.3, -0.25) is 0 Å². The standard InChI is InChI=1S/C23H21NO2/c25-20(15-24-23-11-5-9-18-7-3-4-10-22(18)23)16-26-21-13-12-17-6-1-2-8-19(17)14-21/h1-14,20,24-25H,15-16H2/t20-/m1/s1. The number of hydrogen-bond donors (Lipinski definition) is 2. The maximum Gasteiger partial charge on any atom is 0.120 e. The van der Waals surface area contributed by atoms with Crippen molar-refractivity contribution in [2.75, 3.05) is 18.5 Å². The molecule has 4 aromatic carbocycles. The molecule has 1 atom stereocenters. The van der Waals surface area contributed by atoms with Crippen LogP contribution in [0.15, 0.2) is 84.9 Å². The Morgan fingerprint density at radius 2 is 1.50 bits per heavy atom. The summed E-state index contributed by atoms with van der Waals surface area (Å²) in [5.74, 6) is 0.771. The molecule has 2 N–H and O–H groups in total. The molecule has 0 amide bonds. The Bertz CT molecular complexity index is 1020. The number of rotatable bonds is 6. The Morgan fingerprint density at radius 3 is 2.38 bits per heavy atom. The van der Waals surface area contributed by atoms with E-state index in [1.807, 2.05) is 54.6 Å². The molecule has 4 rings (SSSR count). The van der Waals surface area contributed by atoms with E-state index in [9.17, 15) is 5.11 Å². The number of fused-ring (bicyclic) bond motifs is 2. The molecule has 0 aliphatic rings. The molecule has 3 nitrogen and oxygen atoms in total. The molecule has 4 aromatic rings. The molecule has 0 radical (unpaired) electrons. The lowest BCUT2D eigenvalue weighted by Crippen LogP contribution is -2.26. The van der Waals surface area contributed by atoms with E-state index in [-0.39, 0.29) is 6.61 Å². The summed E-state index contributed by atoms with van der Waals surface area (Å²) < 4.78 is 5.76. The van der Waals surface area contributed by atoms with Gasteiger partial charge in [0.05, 0.1) is 0 Å². The van der Waals surface area contributed by atoms with E-state index in [2.05, 4.69) is 35.6 Å². The second-order valence-corrected chi connectivity index (χ2v) is 6.38. The fraction of sp³-hybridized carbons (Fsp3) is 0.130. The highest BCUT2D eigenvalue weighted by molar-refractivity contribution is 5.93. The third-order valence-corrected chi connectivity index (χ3v) is 4.48. The lowest BCUT2D eigenvalue weighted by molar-refractivity contribution is 0.117. The van der Waals surface area contributed by atoms with Crippen LogP contribution in [-0.2, 0) is 0 Å². The molecule has 0 saturated carbocycles. The van der Waals surface area contributed by atoms with Crippen LogP contribution in [0.3, 0.4) is 0 Å². The van der Waals surface area contributed by atoms with Crippen LogP contribution in [0, 0.1) is 0 Å². The quantitative estimate of drug-likeness (QED) is 0.526. The second kappa shape index (κ2) is 7.46. The van der Waals surface area contributed by atoms with Crippen LogP contribution in [-0.4, -0.2) is 24.4 Å². The first-order chi connectivity index (χ1) is 12.8. The van der Waals surface area contributed by atoms with Crippen molar-refractivity contribution in [1.82, 2.24) is 0 Å². The molecule has 0 aliphatic heterocycles. The summed E-state index contributed by atoms with van der Waals surface area (Å²) in [4.78, 5) is 0. The monoisotopic (exact) mass is 343 g/mol. The van der Waals surface area contributed by atoms with Gasteiger partial charge in [-0.15, -0.1) is 0 Å². The van der Waals surface area contributed by atoms with Crippen molar-refractivity contribution in [1.29, 1.82) is 0 Å². The third-order valence-electron chi connectivity index (χ3n) is 4.48. The topological polar surface area (TPSA) is 41.5 Å². The minimum Gasteiger partial charge on any atom is -0.491 e. The van der Waals surface area contributed by atoms with Gasteiger partial charge in [0.2, 0.25) is 0 Å². The van der Waals surface area contributed by atoms with E-state index in [1.54, 1.807) is 0 Å². The molecule has 0 fully saturated rings. The molecule has 0 bridgehead atoms. The summed E-state index contributed by atoms with van der Waals surface area (Å²) in [6, 6.07) is 28.5. The van der Waals surface area contributed by atoms with Crippen molar-refractivity contribution in [3.63, 3.8) is 0 Å². The summed E-state index contributed by atoms with van der Waals surface area (Å²) in [7, 11) is 0. The van der Waals surface area contributed by atoms with Crippen LogP contribution in [0.4, 0.5) is 5.69 Å². The number of nitrogens with one attached hydrogen (secondary N) is 1. The van der Waals surface area contributed by atoms with Gasteiger partial charge >= 0.3 is 0 Å². The largest absolute Gasteiger partial charge is 0.491 e. The molecule has 0 spiro atoms. The normalized spacial score (nSPS) is 12.2. The van der Waals surface area contributed by atoms with Crippen molar-refractivity contribution < 1.29 is 9.84 Å². The Hall–Kier alpha value is -3.04. The van der Waals surface area contributed by atoms with Gasteiger partial charge in [0, 0.05) is 17.6 Å². The molecule has 0 heterocycles. The molecular weight excluding hydrogens is 322 g/mol. The Balaban J connectivity index is 1.36. The van der Waals surface area contributed by atoms with Crippen LogP contribution in [0.25, 0.3) is 21.5 Å². The molecule has 0 aromatic heterocycles. The van der Waals surface area contributed by atoms with E-state index in [0.29, 0.717) is 6.54 Å². The summed E-state index contributed by atoms with van der Waals surface area (Å²) in [6.07, 6.45) is -0.597. The zero-order valence-corrected chi connectivity index (χ0v) is 14.4. The first kappa shape index (κ1) is 16.4. The van der Waals surface area contributed by atoms with E-state index in [0.717, 1.165) is 22.2 Å². The fourth-order valence-corrected chi connectivity index (χ4v) is 3.12. The molecule has 130 valence electrons. The summed E-state index contributed by atoms with van der Waals surface area (Å²) >= 11 is 0. The van der Waals surface area contributed by atoms with E-state index >= 15 is 0 Å². The zero-order valence-electron chi connectivity index (χ0n) is 14.4. The van der Waals surface area contributed by atoms with Gasteiger partial charge < -0.3 is 15.2 Å². The Labute approximate surface area is 152 Å². The number of anilines is 1. The van der Waals surface area contributed by atoms with Crippen molar-refractivity contribution in [2.24, 2.45) is 0 Å². The number of ether oxygens (including phenoxy) is 1. The first-order valence-corrected chi connectivity index (χ1v) is 8.81. The van der Waals surface area contributed by atoms with Crippen molar-refractivity contribution in [2.45, 2.75) is 6.10 Å². The minimum atomic E-state index is -0.597. The first-order valence-electron chi connectivity index (χ1n) is 8.81. The van der Waals surface area contributed by atoms with E-state index < -0.39 is 6.10 Å².